The van der Waals surface area contributed by atoms with Crippen molar-refractivity contribution in [3.8, 4) is 11.5 Å². The van der Waals surface area contributed by atoms with Gasteiger partial charge in [-0.05, 0) is 74.5 Å². The molecule has 6 nitrogen and oxygen atoms in total. The average molecular weight is 479 g/mol. The first kappa shape index (κ1) is 23.8. The van der Waals surface area contributed by atoms with Gasteiger partial charge < -0.3 is 19.3 Å². The van der Waals surface area contributed by atoms with E-state index in [2.05, 4.69) is 13.0 Å². The van der Waals surface area contributed by atoms with Gasteiger partial charge in [0.25, 0.3) is 5.91 Å². The lowest BCUT2D eigenvalue weighted by Crippen LogP contribution is -2.45. The molecule has 0 saturated carbocycles. The summed E-state index contributed by atoms with van der Waals surface area (Å²) in [6, 6.07) is 15.1. The van der Waals surface area contributed by atoms with Gasteiger partial charge in [0, 0.05) is 23.0 Å². The number of ether oxygens (including phenoxy) is 2. The van der Waals surface area contributed by atoms with Crippen LogP contribution >= 0.6 is 11.3 Å². The fraction of sp³-hybridized carbons (Fsp3) is 0.333. The molecule has 3 aromatic rings. The Morgan fingerprint density at radius 2 is 1.71 bits per heavy atom. The van der Waals surface area contributed by atoms with E-state index in [0.717, 1.165) is 21.6 Å². The minimum atomic E-state index is -0.140. The summed E-state index contributed by atoms with van der Waals surface area (Å²) in [5.74, 6) is 1.17. The Hall–Kier alpha value is -3.32. The molecular formula is C27H30N2O4S. The van der Waals surface area contributed by atoms with E-state index in [1.807, 2.05) is 73.5 Å². The number of hydrogen-bond acceptors (Lipinski definition) is 5. The lowest BCUT2D eigenvalue weighted by molar-refractivity contribution is -0.133. The fourth-order valence-electron chi connectivity index (χ4n) is 3.83. The number of carbonyl (C=O) groups excluding carboxylic acids is 2. The highest BCUT2D eigenvalue weighted by molar-refractivity contribution is 7.10. The molecule has 34 heavy (non-hydrogen) atoms. The van der Waals surface area contributed by atoms with Crippen LogP contribution in [0.2, 0.25) is 0 Å². The molecule has 0 aliphatic carbocycles. The molecule has 4 rings (SSSR count). The van der Waals surface area contributed by atoms with Gasteiger partial charge in [-0.1, -0.05) is 23.8 Å². The van der Waals surface area contributed by atoms with Crippen molar-refractivity contribution in [3.63, 3.8) is 0 Å². The first-order valence-corrected chi connectivity index (χ1v) is 12.3. The van der Waals surface area contributed by atoms with E-state index in [0.29, 0.717) is 30.2 Å². The van der Waals surface area contributed by atoms with Crippen molar-refractivity contribution in [2.75, 3.05) is 13.3 Å². The van der Waals surface area contributed by atoms with Crippen LogP contribution in [0, 0.1) is 13.8 Å². The molecule has 1 aliphatic rings. The van der Waals surface area contributed by atoms with Crippen molar-refractivity contribution >= 4 is 23.2 Å². The third-order valence-electron chi connectivity index (χ3n) is 5.95. The first-order chi connectivity index (χ1) is 16.3. The predicted octanol–water partition coefficient (Wildman–Crippen LogP) is 5.17. The van der Waals surface area contributed by atoms with E-state index in [4.69, 9.17) is 9.47 Å². The van der Waals surface area contributed by atoms with Crippen LogP contribution in [-0.2, 0) is 17.9 Å². The van der Waals surface area contributed by atoms with Gasteiger partial charge in [-0.2, -0.15) is 0 Å². The minimum absolute atomic E-state index is 0.0132. The van der Waals surface area contributed by atoms with Crippen LogP contribution in [0.5, 0.6) is 11.5 Å². The topological polar surface area (TPSA) is 59.1 Å². The van der Waals surface area contributed by atoms with Crippen LogP contribution in [-0.4, -0.2) is 41.0 Å². The zero-order valence-corrected chi connectivity index (χ0v) is 20.9. The molecule has 1 aromatic heterocycles. The summed E-state index contributed by atoms with van der Waals surface area (Å²) in [4.78, 5) is 31.4. The largest absolute Gasteiger partial charge is 0.454 e. The molecule has 0 spiro atoms. The van der Waals surface area contributed by atoms with Crippen LogP contribution in [0.15, 0.2) is 53.9 Å². The van der Waals surface area contributed by atoms with E-state index >= 15 is 0 Å². The van der Waals surface area contributed by atoms with Crippen molar-refractivity contribution < 1.29 is 19.1 Å². The quantitative estimate of drug-likeness (QED) is 0.448. The standard InChI is InChI=1S/C27H30N2O4S/c1-18(2)29(27(31)22-8-5-19(3)6-9-22)16-26(30)28(15-25-20(4)11-12-34-25)14-21-7-10-23-24(13-21)33-17-32-23/h5-13,18H,14-17H2,1-4H3. The molecule has 0 radical (unpaired) electrons. The second kappa shape index (κ2) is 10.3. The van der Waals surface area contributed by atoms with Crippen molar-refractivity contribution in [2.24, 2.45) is 0 Å². The van der Waals surface area contributed by atoms with E-state index in [9.17, 15) is 9.59 Å². The summed E-state index contributed by atoms with van der Waals surface area (Å²) in [6.07, 6.45) is 0. The number of hydrogen-bond donors (Lipinski definition) is 0. The second-order valence-electron chi connectivity index (χ2n) is 8.86. The Morgan fingerprint density at radius 3 is 2.38 bits per heavy atom. The minimum Gasteiger partial charge on any atom is -0.454 e. The highest BCUT2D eigenvalue weighted by atomic mass is 32.1. The number of rotatable bonds is 8. The summed E-state index contributed by atoms with van der Waals surface area (Å²) in [6.45, 7) is 9.03. The number of carbonyl (C=O) groups is 2. The summed E-state index contributed by atoms with van der Waals surface area (Å²) >= 11 is 1.64. The lowest BCUT2D eigenvalue weighted by atomic mass is 10.1. The zero-order valence-electron chi connectivity index (χ0n) is 20.0. The molecule has 0 N–H and O–H groups in total. The highest BCUT2D eigenvalue weighted by Gasteiger charge is 2.26. The van der Waals surface area contributed by atoms with Crippen LogP contribution < -0.4 is 9.47 Å². The molecule has 2 heterocycles. The number of benzene rings is 2. The molecule has 7 heteroatoms. The number of amides is 2. The van der Waals surface area contributed by atoms with Gasteiger partial charge in [-0.15, -0.1) is 11.3 Å². The van der Waals surface area contributed by atoms with Gasteiger partial charge in [-0.3, -0.25) is 9.59 Å². The third kappa shape index (κ3) is 5.42. The van der Waals surface area contributed by atoms with Crippen molar-refractivity contribution in [2.45, 2.75) is 46.8 Å². The number of aryl methyl sites for hydroxylation is 2. The van der Waals surface area contributed by atoms with Gasteiger partial charge in [0.15, 0.2) is 11.5 Å². The van der Waals surface area contributed by atoms with E-state index in [1.165, 1.54) is 0 Å². The fourth-order valence-corrected chi connectivity index (χ4v) is 4.75. The number of fused-ring (bicyclic) bond motifs is 1. The summed E-state index contributed by atoms with van der Waals surface area (Å²) in [5.41, 5.74) is 3.78. The van der Waals surface area contributed by atoms with Gasteiger partial charge in [0.05, 0.1) is 6.54 Å². The summed E-state index contributed by atoms with van der Waals surface area (Å²) < 4.78 is 10.9. The van der Waals surface area contributed by atoms with Crippen LogP contribution in [0.1, 0.15) is 45.8 Å². The Labute approximate surface area is 204 Å². The monoisotopic (exact) mass is 478 g/mol. The van der Waals surface area contributed by atoms with Crippen LogP contribution in [0.25, 0.3) is 0 Å². The maximum atomic E-state index is 13.6. The SMILES string of the molecule is Cc1ccc(C(=O)N(CC(=O)N(Cc2ccc3c(c2)OCO3)Cc2sccc2C)C(C)C)cc1. The molecule has 0 unspecified atom stereocenters. The molecule has 1 aliphatic heterocycles. The van der Waals surface area contributed by atoms with Gasteiger partial charge >= 0.3 is 0 Å². The van der Waals surface area contributed by atoms with Crippen molar-refractivity contribution in [3.05, 3.63) is 81.0 Å². The second-order valence-corrected chi connectivity index (χ2v) is 9.86. The smallest absolute Gasteiger partial charge is 0.254 e. The molecule has 0 bridgehead atoms. The van der Waals surface area contributed by atoms with E-state index < -0.39 is 0 Å². The number of nitrogens with zero attached hydrogens (tertiary/aromatic N) is 2. The third-order valence-corrected chi connectivity index (χ3v) is 6.96. The molecule has 2 amide bonds. The Balaban J connectivity index is 1.56. The van der Waals surface area contributed by atoms with Crippen molar-refractivity contribution in [1.29, 1.82) is 0 Å². The van der Waals surface area contributed by atoms with Crippen molar-refractivity contribution in [1.82, 2.24) is 9.80 Å². The maximum absolute atomic E-state index is 13.6. The first-order valence-electron chi connectivity index (χ1n) is 11.4. The highest BCUT2D eigenvalue weighted by Crippen LogP contribution is 2.33. The van der Waals surface area contributed by atoms with E-state index in [1.54, 1.807) is 16.2 Å². The summed E-state index contributed by atoms with van der Waals surface area (Å²) in [7, 11) is 0. The van der Waals surface area contributed by atoms with Gasteiger partial charge in [0.2, 0.25) is 12.7 Å². The lowest BCUT2D eigenvalue weighted by Gasteiger charge is -2.30. The van der Waals surface area contributed by atoms with Gasteiger partial charge in [0.1, 0.15) is 6.54 Å². The molecular weight excluding hydrogens is 448 g/mol. The Morgan fingerprint density at radius 1 is 0.971 bits per heavy atom. The molecule has 0 atom stereocenters. The van der Waals surface area contributed by atoms with Crippen LogP contribution in [0.4, 0.5) is 0 Å². The average Bonchev–Trinajstić information content (AvgIpc) is 3.45. The zero-order chi connectivity index (χ0) is 24.2. The van der Waals surface area contributed by atoms with Crippen LogP contribution in [0.3, 0.4) is 0 Å². The molecule has 0 saturated heterocycles. The molecule has 178 valence electrons. The summed E-state index contributed by atoms with van der Waals surface area (Å²) in [5, 5.41) is 2.04. The normalized spacial score (nSPS) is 12.1. The number of thiophene rings is 1. The Kier molecular flexibility index (Phi) is 7.22. The van der Waals surface area contributed by atoms with E-state index in [-0.39, 0.29) is 31.2 Å². The maximum Gasteiger partial charge on any atom is 0.254 e. The van der Waals surface area contributed by atoms with Gasteiger partial charge in [-0.25, -0.2) is 0 Å². The molecule has 2 aromatic carbocycles. The molecule has 0 fully saturated rings. The predicted molar refractivity (Wildman–Crippen MR) is 133 cm³/mol. The Bertz CT molecular complexity index is 1170.